The van der Waals surface area contributed by atoms with Crippen LogP contribution in [0.15, 0.2) is 0 Å². The highest BCUT2D eigenvalue weighted by Crippen LogP contribution is 2.67. The summed E-state index contributed by atoms with van der Waals surface area (Å²) in [5.74, 6) is 0. The van der Waals surface area contributed by atoms with Crippen LogP contribution in [0.1, 0.15) is 33.6 Å². The van der Waals surface area contributed by atoms with Gasteiger partial charge < -0.3 is 0 Å². The maximum atomic E-state index is 2.41. The Hall–Kier alpha value is 0.430. The van der Waals surface area contributed by atoms with Crippen molar-refractivity contribution in [2.24, 2.45) is 0 Å². The van der Waals surface area contributed by atoms with Crippen LogP contribution in [0.4, 0.5) is 0 Å². The van der Waals surface area contributed by atoms with E-state index >= 15 is 0 Å². The first-order valence-electron chi connectivity index (χ1n) is 3.92. The van der Waals surface area contributed by atoms with E-state index in [1.165, 1.54) is 12.8 Å². The molecule has 1 saturated heterocycles. The minimum absolute atomic E-state index is 0.500. The van der Waals surface area contributed by atoms with Crippen LogP contribution in [0.25, 0.3) is 0 Å². The molecule has 1 heterocycles. The fraction of sp³-hybridized carbons (Fsp3) is 1.00. The molecule has 0 radical (unpaired) electrons. The molecule has 54 valence electrons. The maximum absolute atomic E-state index is 2.41. The zero-order valence-corrected chi connectivity index (χ0v) is 7.67. The lowest BCUT2D eigenvalue weighted by Gasteiger charge is -2.00. The molecule has 0 nitrogen and oxygen atoms in total. The third-order valence-electron chi connectivity index (χ3n) is 2.11. The molecule has 1 aliphatic heterocycles. The summed E-state index contributed by atoms with van der Waals surface area (Å²) in [5, 5.41) is 0.782. The highest BCUT2D eigenvalue weighted by Gasteiger charge is 2.43. The Morgan fingerprint density at radius 3 is 2.33 bits per heavy atom. The molecule has 0 aliphatic carbocycles. The lowest BCUT2D eigenvalue weighted by molar-refractivity contribution is 0.877. The predicted molar refractivity (Wildman–Crippen MR) is 45.6 cm³/mol. The molecule has 1 fully saturated rings. The maximum Gasteiger partial charge on any atom is -0.0111 e. The largest absolute Gasteiger partial charge is 0.0997 e. The molecule has 1 rings (SSSR count). The third kappa shape index (κ3) is 1.93. The van der Waals surface area contributed by atoms with E-state index in [4.69, 9.17) is 0 Å². The van der Waals surface area contributed by atoms with E-state index in [0.29, 0.717) is 7.92 Å². The quantitative estimate of drug-likeness (QED) is 0.534. The molecular formula is C8H17P. The lowest BCUT2D eigenvalue weighted by Crippen LogP contribution is -1.91. The van der Waals surface area contributed by atoms with Gasteiger partial charge in [-0.05, 0) is 23.9 Å². The fourth-order valence-electron chi connectivity index (χ4n) is 1.16. The molecule has 0 N–H and O–H groups in total. The first-order chi connectivity index (χ1) is 4.17. The van der Waals surface area contributed by atoms with E-state index in [1.807, 2.05) is 0 Å². The fourth-order valence-corrected chi connectivity index (χ4v) is 3.79. The van der Waals surface area contributed by atoms with Gasteiger partial charge in [-0.15, -0.1) is 0 Å². The SMILES string of the molecule is CCCCP1CC1(C)C. The van der Waals surface area contributed by atoms with Gasteiger partial charge in [-0.2, -0.15) is 0 Å². The average molecular weight is 144 g/mol. The smallest absolute Gasteiger partial charge is 0.0111 e. The van der Waals surface area contributed by atoms with Crippen LogP contribution < -0.4 is 0 Å². The summed E-state index contributed by atoms with van der Waals surface area (Å²) < 4.78 is 0. The second kappa shape index (κ2) is 2.58. The number of hydrogen-bond acceptors (Lipinski definition) is 0. The van der Waals surface area contributed by atoms with Gasteiger partial charge in [0.1, 0.15) is 0 Å². The normalized spacial score (nSPS) is 30.3. The van der Waals surface area contributed by atoms with Crippen molar-refractivity contribution < 1.29 is 0 Å². The van der Waals surface area contributed by atoms with Gasteiger partial charge in [-0.3, -0.25) is 0 Å². The van der Waals surface area contributed by atoms with Crippen LogP contribution in [0.2, 0.25) is 0 Å². The third-order valence-corrected chi connectivity index (χ3v) is 5.63. The second-order valence-electron chi connectivity index (χ2n) is 3.59. The average Bonchev–Trinajstić information content (AvgIpc) is 2.35. The summed E-state index contributed by atoms with van der Waals surface area (Å²) >= 11 is 0. The Kier molecular flexibility index (Phi) is 2.16. The van der Waals surface area contributed by atoms with E-state index in [2.05, 4.69) is 20.8 Å². The van der Waals surface area contributed by atoms with Gasteiger partial charge >= 0.3 is 0 Å². The Labute approximate surface area is 59.8 Å². The van der Waals surface area contributed by atoms with Crippen LogP contribution in [0, 0.1) is 0 Å². The molecule has 1 atom stereocenters. The number of rotatable bonds is 3. The van der Waals surface area contributed by atoms with Gasteiger partial charge in [0.2, 0.25) is 0 Å². The Bertz CT molecular complexity index is 96.7. The van der Waals surface area contributed by atoms with Crippen LogP contribution >= 0.6 is 7.92 Å². The predicted octanol–water partition coefficient (Wildman–Crippen LogP) is 3.06. The highest BCUT2D eigenvalue weighted by atomic mass is 31.1. The molecule has 9 heavy (non-hydrogen) atoms. The molecule has 1 heteroatoms. The molecule has 0 bridgehead atoms. The molecule has 0 amide bonds. The Balaban J connectivity index is 2.06. The minimum Gasteiger partial charge on any atom is -0.0997 e. The van der Waals surface area contributed by atoms with Gasteiger partial charge in [-0.25, -0.2) is 0 Å². The van der Waals surface area contributed by atoms with Crippen molar-refractivity contribution in [1.29, 1.82) is 0 Å². The van der Waals surface area contributed by atoms with Crippen LogP contribution in [0.5, 0.6) is 0 Å². The van der Waals surface area contributed by atoms with Crippen molar-refractivity contribution in [3.05, 3.63) is 0 Å². The zero-order valence-electron chi connectivity index (χ0n) is 6.78. The van der Waals surface area contributed by atoms with E-state index < -0.39 is 0 Å². The minimum atomic E-state index is 0.500. The van der Waals surface area contributed by atoms with E-state index in [-0.39, 0.29) is 0 Å². The summed E-state index contributed by atoms with van der Waals surface area (Å²) in [4.78, 5) is 0. The molecule has 1 unspecified atom stereocenters. The summed E-state index contributed by atoms with van der Waals surface area (Å²) in [6, 6.07) is 0. The van der Waals surface area contributed by atoms with E-state index in [9.17, 15) is 0 Å². The Morgan fingerprint density at radius 2 is 2.00 bits per heavy atom. The van der Waals surface area contributed by atoms with Crippen molar-refractivity contribution in [3.8, 4) is 0 Å². The highest BCUT2D eigenvalue weighted by molar-refractivity contribution is 7.67. The molecule has 0 aromatic heterocycles. The van der Waals surface area contributed by atoms with Crippen molar-refractivity contribution in [3.63, 3.8) is 0 Å². The van der Waals surface area contributed by atoms with Crippen molar-refractivity contribution in [2.45, 2.75) is 38.8 Å². The summed E-state index contributed by atoms with van der Waals surface area (Å²) in [6.07, 6.45) is 5.94. The first-order valence-corrected chi connectivity index (χ1v) is 5.63. The molecular weight excluding hydrogens is 127 g/mol. The van der Waals surface area contributed by atoms with Crippen LogP contribution in [-0.4, -0.2) is 17.5 Å². The second-order valence-corrected chi connectivity index (χ2v) is 6.64. The van der Waals surface area contributed by atoms with Gasteiger partial charge in [-0.1, -0.05) is 35.1 Å². The summed E-state index contributed by atoms with van der Waals surface area (Å²) in [5.41, 5.74) is 0. The lowest BCUT2D eigenvalue weighted by atomic mass is 10.3. The zero-order chi connectivity index (χ0) is 6.91. The van der Waals surface area contributed by atoms with Crippen LogP contribution in [0.3, 0.4) is 0 Å². The number of hydrogen-bond donors (Lipinski definition) is 0. The van der Waals surface area contributed by atoms with E-state index in [0.717, 1.165) is 5.16 Å². The van der Waals surface area contributed by atoms with Crippen LogP contribution in [-0.2, 0) is 0 Å². The first kappa shape index (κ1) is 7.54. The van der Waals surface area contributed by atoms with Crippen molar-refractivity contribution in [2.75, 3.05) is 12.3 Å². The summed E-state index contributed by atoms with van der Waals surface area (Å²) in [7, 11) is 0.500. The molecule has 0 saturated carbocycles. The molecule has 0 spiro atoms. The Morgan fingerprint density at radius 1 is 1.44 bits per heavy atom. The van der Waals surface area contributed by atoms with Gasteiger partial charge in [0.05, 0.1) is 0 Å². The molecule has 1 aliphatic rings. The topological polar surface area (TPSA) is 0 Å². The summed E-state index contributed by atoms with van der Waals surface area (Å²) in [6.45, 7) is 7.11. The van der Waals surface area contributed by atoms with Gasteiger partial charge in [0.15, 0.2) is 0 Å². The van der Waals surface area contributed by atoms with Gasteiger partial charge in [0.25, 0.3) is 0 Å². The van der Waals surface area contributed by atoms with Crippen molar-refractivity contribution in [1.82, 2.24) is 0 Å². The number of unbranched alkanes of at least 4 members (excludes halogenated alkanes) is 1. The van der Waals surface area contributed by atoms with Gasteiger partial charge in [0, 0.05) is 0 Å². The van der Waals surface area contributed by atoms with E-state index in [1.54, 1.807) is 12.3 Å². The molecule has 0 aromatic rings. The van der Waals surface area contributed by atoms with Crippen molar-refractivity contribution >= 4 is 7.92 Å². The molecule has 0 aromatic carbocycles. The standard InChI is InChI=1S/C8H17P/c1-4-5-6-9-7-8(9,2)3/h4-7H2,1-3H3. The monoisotopic (exact) mass is 144 g/mol.